The van der Waals surface area contributed by atoms with E-state index in [9.17, 15) is 0 Å². The molecule has 1 N–H and O–H groups in total. The Hall–Kier alpha value is -0.830. The summed E-state index contributed by atoms with van der Waals surface area (Å²) in [6.07, 6.45) is 8.01. The molecule has 2 rings (SSSR count). The van der Waals surface area contributed by atoms with Crippen molar-refractivity contribution in [1.82, 2.24) is 14.9 Å². The highest BCUT2D eigenvalue weighted by Crippen LogP contribution is 2.29. The van der Waals surface area contributed by atoms with Gasteiger partial charge in [-0.25, -0.2) is 4.98 Å². The molecule has 1 fully saturated rings. The largest absolute Gasteiger partial charge is 0.337 e. The van der Waals surface area contributed by atoms with Crippen LogP contribution in [0.4, 0.5) is 0 Å². The predicted molar refractivity (Wildman–Crippen MR) is 56.9 cm³/mol. The van der Waals surface area contributed by atoms with Crippen molar-refractivity contribution in [2.75, 3.05) is 0 Å². The van der Waals surface area contributed by atoms with Crippen LogP contribution in [0.2, 0.25) is 0 Å². The van der Waals surface area contributed by atoms with Gasteiger partial charge in [-0.1, -0.05) is 6.42 Å². The molecular formula is C11H19N3. The number of rotatable bonds is 4. The second kappa shape index (κ2) is 4.13. The van der Waals surface area contributed by atoms with Gasteiger partial charge < -0.3 is 9.88 Å². The Kier molecular flexibility index (Phi) is 2.87. The van der Waals surface area contributed by atoms with Gasteiger partial charge in [0.1, 0.15) is 0 Å². The third-order valence-corrected chi connectivity index (χ3v) is 3.38. The van der Waals surface area contributed by atoms with Crippen LogP contribution < -0.4 is 5.32 Å². The van der Waals surface area contributed by atoms with Gasteiger partial charge in [0.25, 0.3) is 0 Å². The fourth-order valence-corrected chi connectivity index (χ4v) is 1.93. The third kappa shape index (κ3) is 1.98. The first-order chi connectivity index (χ1) is 6.77. The summed E-state index contributed by atoms with van der Waals surface area (Å²) in [5.74, 6) is 0.906. The molecule has 0 aliphatic heterocycles. The van der Waals surface area contributed by atoms with Gasteiger partial charge in [0, 0.05) is 25.8 Å². The molecule has 1 unspecified atom stereocenters. The zero-order valence-corrected chi connectivity index (χ0v) is 9.03. The van der Waals surface area contributed by atoms with E-state index in [1.165, 1.54) is 25.0 Å². The molecular weight excluding hydrogens is 174 g/mol. The Morgan fingerprint density at radius 3 is 2.93 bits per heavy atom. The topological polar surface area (TPSA) is 29.9 Å². The highest BCUT2D eigenvalue weighted by atomic mass is 15.0. The maximum absolute atomic E-state index is 4.10. The Balaban J connectivity index is 1.79. The van der Waals surface area contributed by atoms with Gasteiger partial charge in [-0.05, 0) is 25.7 Å². The zero-order valence-electron chi connectivity index (χ0n) is 9.03. The first-order valence-electron chi connectivity index (χ1n) is 5.46. The van der Waals surface area contributed by atoms with E-state index in [0.29, 0.717) is 6.04 Å². The molecule has 0 saturated heterocycles. The minimum Gasteiger partial charge on any atom is -0.337 e. The fraction of sp³-hybridized carbons (Fsp3) is 0.727. The zero-order chi connectivity index (χ0) is 9.97. The lowest BCUT2D eigenvalue weighted by Gasteiger charge is -2.32. The van der Waals surface area contributed by atoms with Gasteiger partial charge in [0.2, 0.25) is 0 Å². The first kappa shape index (κ1) is 9.71. The van der Waals surface area contributed by atoms with Gasteiger partial charge in [-0.2, -0.15) is 0 Å². The van der Waals surface area contributed by atoms with Crippen molar-refractivity contribution in [1.29, 1.82) is 0 Å². The highest BCUT2D eigenvalue weighted by Gasteiger charge is 2.23. The Labute approximate surface area is 85.5 Å². The summed E-state index contributed by atoms with van der Waals surface area (Å²) in [4.78, 5) is 4.10. The molecule has 3 heteroatoms. The summed E-state index contributed by atoms with van der Waals surface area (Å²) in [6.45, 7) is 3.23. The SMILES string of the molecule is CC(NCc1cncn1C)C1CCC1. The van der Waals surface area contributed by atoms with Crippen molar-refractivity contribution in [2.24, 2.45) is 13.0 Å². The van der Waals surface area contributed by atoms with Crippen LogP contribution in [0.25, 0.3) is 0 Å². The van der Waals surface area contributed by atoms with Crippen molar-refractivity contribution in [3.63, 3.8) is 0 Å². The molecule has 3 nitrogen and oxygen atoms in total. The standard InChI is InChI=1S/C11H19N3/c1-9(10-4-3-5-10)13-7-11-6-12-8-14(11)2/h6,8-10,13H,3-5,7H2,1-2H3. The molecule has 1 saturated carbocycles. The highest BCUT2D eigenvalue weighted by molar-refractivity contribution is 4.97. The van der Waals surface area contributed by atoms with E-state index >= 15 is 0 Å². The molecule has 1 aliphatic rings. The van der Waals surface area contributed by atoms with Crippen LogP contribution in [0.15, 0.2) is 12.5 Å². The summed E-state index contributed by atoms with van der Waals surface area (Å²) < 4.78 is 2.07. The first-order valence-corrected chi connectivity index (χ1v) is 5.46. The van der Waals surface area contributed by atoms with Gasteiger partial charge in [0.15, 0.2) is 0 Å². The number of aromatic nitrogens is 2. The number of imidazole rings is 1. The number of aryl methyl sites for hydroxylation is 1. The maximum Gasteiger partial charge on any atom is 0.0945 e. The second-order valence-electron chi connectivity index (χ2n) is 4.36. The van der Waals surface area contributed by atoms with Crippen LogP contribution in [0, 0.1) is 5.92 Å². The van der Waals surface area contributed by atoms with Gasteiger partial charge in [-0.3, -0.25) is 0 Å². The molecule has 1 aliphatic carbocycles. The van der Waals surface area contributed by atoms with Crippen LogP contribution >= 0.6 is 0 Å². The van der Waals surface area contributed by atoms with Gasteiger partial charge in [-0.15, -0.1) is 0 Å². The average Bonchev–Trinajstić information content (AvgIpc) is 2.44. The second-order valence-corrected chi connectivity index (χ2v) is 4.36. The van der Waals surface area contributed by atoms with E-state index in [2.05, 4.69) is 21.8 Å². The number of nitrogens with one attached hydrogen (secondary N) is 1. The average molecular weight is 193 g/mol. The number of hydrogen-bond donors (Lipinski definition) is 1. The lowest BCUT2D eigenvalue weighted by atomic mass is 9.80. The lowest BCUT2D eigenvalue weighted by Crippen LogP contribution is -2.36. The molecule has 0 radical (unpaired) electrons. The summed E-state index contributed by atoms with van der Waals surface area (Å²) in [7, 11) is 2.04. The summed E-state index contributed by atoms with van der Waals surface area (Å²) in [5.41, 5.74) is 1.26. The molecule has 1 aromatic rings. The summed E-state index contributed by atoms with van der Waals surface area (Å²) in [5, 5.41) is 3.57. The van der Waals surface area contributed by atoms with E-state index in [0.717, 1.165) is 12.5 Å². The minimum atomic E-state index is 0.652. The maximum atomic E-state index is 4.10. The molecule has 1 atom stereocenters. The summed E-state index contributed by atoms with van der Waals surface area (Å²) in [6, 6.07) is 0.652. The van der Waals surface area contributed by atoms with Gasteiger partial charge >= 0.3 is 0 Å². The minimum absolute atomic E-state index is 0.652. The van der Waals surface area contributed by atoms with E-state index in [-0.39, 0.29) is 0 Å². The van der Waals surface area contributed by atoms with Crippen molar-refractivity contribution in [3.05, 3.63) is 18.2 Å². The quantitative estimate of drug-likeness (QED) is 0.788. The van der Waals surface area contributed by atoms with Crippen LogP contribution in [-0.4, -0.2) is 15.6 Å². The number of nitrogens with zero attached hydrogens (tertiary/aromatic N) is 2. The van der Waals surface area contributed by atoms with Gasteiger partial charge in [0.05, 0.1) is 12.0 Å². The monoisotopic (exact) mass is 193 g/mol. The van der Waals surface area contributed by atoms with Crippen LogP contribution in [0.1, 0.15) is 31.9 Å². The van der Waals surface area contributed by atoms with Crippen molar-refractivity contribution < 1.29 is 0 Å². The Morgan fingerprint density at radius 2 is 2.43 bits per heavy atom. The molecule has 1 heterocycles. The fourth-order valence-electron chi connectivity index (χ4n) is 1.93. The molecule has 0 amide bonds. The van der Waals surface area contributed by atoms with E-state index in [1.54, 1.807) is 0 Å². The third-order valence-electron chi connectivity index (χ3n) is 3.38. The molecule has 78 valence electrons. The van der Waals surface area contributed by atoms with E-state index < -0.39 is 0 Å². The normalized spacial score (nSPS) is 19.3. The molecule has 1 aromatic heterocycles. The predicted octanol–water partition coefficient (Wildman–Crippen LogP) is 1.70. The smallest absolute Gasteiger partial charge is 0.0945 e. The Bertz CT molecular complexity index is 288. The van der Waals surface area contributed by atoms with Crippen LogP contribution in [-0.2, 0) is 13.6 Å². The molecule has 0 bridgehead atoms. The van der Waals surface area contributed by atoms with Crippen molar-refractivity contribution in [2.45, 2.75) is 38.8 Å². The van der Waals surface area contributed by atoms with Crippen LogP contribution in [0.3, 0.4) is 0 Å². The van der Waals surface area contributed by atoms with Crippen LogP contribution in [0.5, 0.6) is 0 Å². The molecule has 14 heavy (non-hydrogen) atoms. The van der Waals surface area contributed by atoms with E-state index in [4.69, 9.17) is 0 Å². The van der Waals surface area contributed by atoms with E-state index in [1.807, 2.05) is 19.6 Å². The lowest BCUT2D eigenvalue weighted by molar-refractivity contribution is 0.239. The number of hydrogen-bond acceptors (Lipinski definition) is 2. The molecule has 0 aromatic carbocycles. The van der Waals surface area contributed by atoms with Crippen molar-refractivity contribution in [3.8, 4) is 0 Å². The Morgan fingerprint density at radius 1 is 1.64 bits per heavy atom. The molecule has 0 spiro atoms. The van der Waals surface area contributed by atoms with Crippen molar-refractivity contribution >= 4 is 0 Å². The summed E-state index contributed by atoms with van der Waals surface area (Å²) >= 11 is 0.